The van der Waals surface area contributed by atoms with Gasteiger partial charge >= 0.3 is 49.0 Å². The standard InChI is InChI=1S/2CH2O3.Na.Ru/c2*2-1(3)4;;/h2*(H2,2,3,4);;/q;;+1;+3/p-4. The molecule has 0 aromatic carbocycles. The summed E-state index contributed by atoms with van der Waals surface area (Å²) < 4.78 is 0. The zero-order chi connectivity index (χ0) is 7.15. The summed E-state index contributed by atoms with van der Waals surface area (Å²) in [7, 11) is 0. The quantitative estimate of drug-likeness (QED) is 0.389. The predicted octanol–water partition coefficient (Wildman–Crippen LogP) is -7.89. The summed E-state index contributed by atoms with van der Waals surface area (Å²) in [5.74, 6) is 0. The Bertz CT molecular complexity index is 73.7. The van der Waals surface area contributed by atoms with E-state index in [1.54, 1.807) is 0 Å². The van der Waals surface area contributed by atoms with Crippen molar-refractivity contribution in [2.24, 2.45) is 0 Å². The van der Waals surface area contributed by atoms with E-state index >= 15 is 0 Å². The fourth-order valence-electron chi connectivity index (χ4n) is 0. The Hall–Kier alpha value is 0.163. The van der Waals surface area contributed by atoms with Gasteiger partial charge in [-0.3, -0.25) is 0 Å². The molecule has 0 aliphatic rings. The number of rotatable bonds is 0. The van der Waals surface area contributed by atoms with Crippen molar-refractivity contribution in [1.29, 1.82) is 0 Å². The molecule has 0 N–H and O–H groups in total. The van der Waals surface area contributed by atoms with Crippen LogP contribution in [0.5, 0.6) is 0 Å². The molecule has 0 bridgehead atoms. The van der Waals surface area contributed by atoms with Gasteiger partial charge in [0.1, 0.15) is 0 Å². The van der Waals surface area contributed by atoms with Crippen molar-refractivity contribution in [2.75, 3.05) is 0 Å². The molecule has 0 aliphatic carbocycles. The van der Waals surface area contributed by atoms with Crippen LogP contribution in [-0.4, -0.2) is 12.3 Å². The van der Waals surface area contributed by atoms with Crippen LogP contribution >= 0.6 is 0 Å². The number of carbonyl (C=O) groups is 2. The Kier molecular flexibility index (Phi) is 36.1. The first-order chi connectivity index (χ1) is 3.46. The van der Waals surface area contributed by atoms with E-state index in [2.05, 4.69) is 0 Å². The van der Waals surface area contributed by atoms with Crippen molar-refractivity contribution >= 4 is 12.3 Å². The fourth-order valence-corrected chi connectivity index (χ4v) is 0. The molecule has 0 rings (SSSR count). The second kappa shape index (κ2) is 16.1. The van der Waals surface area contributed by atoms with E-state index in [9.17, 15) is 0 Å². The Morgan fingerprint density at radius 1 is 0.800 bits per heavy atom. The van der Waals surface area contributed by atoms with Gasteiger partial charge in [-0.25, -0.2) is 0 Å². The first kappa shape index (κ1) is 22.5. The van der Waals surface area contributed by atoms with Crippen LogP contribution in [0.2, 0.25) is 0 Å². The summed E-state index contributed by atoms with van der Waals surface area (Å²) in [5.41, 5.74) is 0. The second-order valence-corrected chi connectivity index (χ2v) is 0.500. The molecule has 0 saturated heterocycles. The minimum atomic E-state index is -2.33. The molecule has 0 heterocycles. The van der Waals surface area contributed by atoms with Crippen LogP contribution in [0.15, 0.2) is 0 Å². The number of carboxylic acid groups (broad SMARTS) is 4. The van der Waals surface area contributed by atoms with Crippen molar-refractivity contribution in [3.8, 4) is 0 Å². The zero-order valence-corrected chi connectivity index (χ0v) is 8.54. The SMILES string of the molecule is O=C([O-])[O-].O=C([O-])[O-].[Na+].[Ru+3]. The van der Waals surface area contributed by atoms with Gasteiger partial charge in [-0.05, 0) is 12.3 Å². The van der Waals surface area contributed by atoms with Crippen LogP contribution in [0, 0.1) is 0 Å². The molecule has 0 aliphatic heterocycles. The van der Waals surface area contributed by atoms with E-state index in [4.69, 9.17) is 30.0 Å². The minimum Gasteiger partial charge on any atom is -0.652 e. The summed E-state index contributed by atoms with van der Waals surface area (Å²) in [6, 6.07) is 0. The molecule has 6 nitrogen and oxygen atoms in total. The topological polar surface area (TPSA) is 126 Å². The summed E-state index contributed by atoms with van der Waals surface area (Å²) in [4.78, 5) is 16.7. The molecule has 0 aromatic rings. The average Bonchev–Trinajstić information content (AvgIpc) is 1.25. The molecule has 53 valence electrons. The Morgan fingerprint density at radius 2 is 0.800 bits per heavy atom. The van der Waals surface area contributed by atoms with Crippen molar-refractivity contribution in [3.05, 3.63) is 0 Å². The first-order valence-electron chi connectivity index (χ1n) is 1.22. The van der Waals surface area contributed by atoms with Crippen molar-refractivity contribution in [2.45, 2.75) is 0 Å². The molecular weight excluding hydrogens is 244 g/mol. The number of carbonyl (C=O) groups excluding carboxylic acids is 2. The minimum absolute atomic E-state index is 0. The normalized spacial score (nSPS) is 4.80. The van der Waals surface area contributed by atoms with E-state index in [0.717, 1.165) is 0 Å². The smallest absolute Gasteiger partial charge is 0.652 e. The van der Waals surface area contributed by atoms with Gasteiger partial charge in [0.25, 0.3) is 0 Å². The van der Waals surface area contributed by atoms with Crippen molar-refractivity contribution < 1.29 is 79.1 Å². The van der Waals surface area contributed by atoms with Gasteiger partial charge in [0.05, 0.1) is 0 Å². The third-order valence-electron chi connectivity index (χ3n) is 0. The predicted molar refractivity (Wildman–Crippen MR) is 10.8 cm³/mol. The van der Waals surface area contributed by atoms with Gasteiger partial charge in [-0.15, -0.1) is 0 Å². The summed E-state index contributed by atoms with van der Waals surface area (Å²) >= 11 is 0. The van der Waals surface area contributed by atoms with Gasteiger partial charge in [0, 0.05) is 0 Å². The van der Waals surface area contributed by atoms with Gasteiger partial charge in [0.15, 0.2) is 0 Å². The monoisotopic (exact) mass is 245 g/mol. The summed E-state index contributed by atoms with van der Waals surface area (Å²) in [6.45, 7) is 0. The Labute approximate surface area is 90.9 Å². The molecule has 10 heavy (non-hydrogen) atoms. The molecule has 0 amide bonds. The third kappa shape index (κ3) is 15700. The molecule has 0 unspecified atom stereocenters. The number of hydrogen-bond donors (Lipinski definition) is 0. The van der Waals surface area contributed by atoms with E-state index in [-0.39, 0.29) is 49.0 Å². The summed E-state index contributed by atoms with van der Waals surface area (Å²) in [6.07, 6.45) is -4.67. The van der Waals surface area contributed by atoms with Gasteiger partial charge in [-0.1, -0.05) is 0 Å². The van der Waals surface area contributed by atoms with E-state index in [1.807, 2.05) is 0 Å². The van der Waals surface area contributed by atoms with Gasteiger partial charge < -0.3 is 30.0 Å². The van der Waals surface area contributed by atoms with Crippen LogP contribution in [0.1, 0.15) is 0 Å². The maximum atomic E-state index is 8.33. The maximum Gasteiger partial charge on any atom is 3.00 e. The van der Waals surface area contributed by atoms with Crippen LogP contribution < -0.4 is 50.0 Å². The molecule has 0 fully saturated rings. The fraction of sp³-hybridized carbons (Fsp3) is 0. The second-order valence-electron chi connectivity index (χ2n) is 0.500. The van der Waals surface area contributed by atoms with Gasteiger partial charge in [-0.2, -0.15) is 0 Å². The molecule has 1 radical (unpaired) electrons. The molecule has 0 aromatic heterocycles. The maximum absolute atomic E-state index is 8.33. The molecule has 0 spiro atoms. The molecule has 0 atom stereocenters. The molecule has 8 heteroatoms. The first-order valence-corrected chi connectivity index (χ1v) is 1.22. The molecular formula is C2NaO6Ru. The van der Waals surface area contributed by atoms with Crippen LogP contribution in [0.4, 0.5) is 9.59 Å². The average molecular weight is 244 g/mol. The third-order valence-corrected chi connectivity index (χ3v) is 0. The van der Waals surface area contributed by atoms with Crippen LogP contribution in [0.25, 0.3) is 0 Å². The van der Waals surface area contributed by atoms with Crippen LogP contribution in [0.3, 0.4) is 0 Å². The molecule has 0 saturated carbocycles. The summed E-state index contributed by atoms with van der Waals surface area (Å²) in [5, 5.41) is 33.3. The van der Waals surface area contributed by atoms with Crippen molar-refractivity contribution in [3.63, 3.8) is 0 Å². The van der Waals surface area contributed by atoms with E-state index in [0.29, 0.717) is 0 Å². The largest absolute Gasteiger partial charge is 3.00 e. The van der Waals surface area contributed by atoms with Crippen molar-refractivity contribution in [1.82, 2.24) is 0 Å². The Balaban J connectivity index is -0.0000000300. The van der Waals surface area contributed by atoms with Gasteiger partial charge in [0.2, 0.25) is 0 Å². The van der Waals surface area contributed by atoms with Crippen LogP contribution in [-0.2, 0) is 19.5 Å². The number of hydrogen-bond acceptors (Lipinski definition) is 6. The van der Waals surface area contributed by atoms with E-state index < -0.39 is 12.3 Å². The zero-order valence-electron chi connectivity index (χ0n) is 4.80. The van der Waals surface area contributed by atoms with E-state index in [1.165, 1.54) is 0 Å². The Morgan fingerprint density at radius 3 is 0.800 bits per heavy atom.